The molecule has 238 valence electrons. The van der Waals surface area contributed by atoms with Crippen LogP contribution in [0.5, 0.6) is 0 Å². The van der Waals surface area contributed by atoms with Gasteiger partial charge in [0.15, 0.2) is 0 Å². The zero-order valence-electron chi connectivity index (χ0n) is 25.4. The molecule has 0 bridgehead atoms. The van der Waals surface area contributed by atoms with Gasteiger partial charge >= 0.3 is 11.9 Å². The maximum atomic E-state index is 12.3. The molecule has 12 heteroatoms. The second kappa shape index (κ2) is 14.9. The van der Waals surface area contributed by atoms with Crippen molar-refractivity contribution in [2.45, 2.75) is 53.4 Å². The van der Waals surface area contributed by atoms with Crippen LogP contribution in [-0.2, 0) is 32.0 Å². The summed E-state index contributed by atoms with van der Waals surface area (Å²) >= 11 is 0. The number of carboxylic acid groups (broad SMARTS) is 2. The summed E-state index contributed by atoms with van der Waals surface area (Å²) in [5.41, 5.74) is 7.97. The van der Waals surface area contributed by atoms with Crippen molar-refractivity contribution in [3.8, 4) is 0 Å². The normalized spacial score (nSPS) is 16.2. The summed E-state index contributed by atoms with van der Waals surface area (Å²) in [6.07, 6.45) is 8.80. The van der Waals surface area contributed by atoms with E-state index in [2.05, 4.69) is 33.4 Å². The van der Waals surface area contributed by atoms with Gasteiger partial charge in [-0.05, 0) is 86.6 Å². The summed E-state index contributed by atoms with van der Waals surface area (Å²) in [6.45, 7) is 14.8. The highest BCUT2D eigenvalue weighted by molar-refractivity contribution is 6.31. The van der Waals surface area contributed by atoms with Crippen LogP contribution in [0.25, 0.3) is 18.2 Å². The van der Waals surface area contributed by atoms with E-state index in [1.165, 1.54) is 6.08 Å². The largest absolute Gasteiger partial charge is 0.481 e. The highest BCUT2D eigenvalue weighted by Gasteiger charge is 2.23. The van der Waals surface area contributed by atoms with Crippen molar-refractivity contribution in [2.24, 2.45) is 4.99 Å². The predicted octanol–water partition coefficient (Wildman–Crippen LogP) is 3.90. The van der Waals surface area contributed by atoms with Gasteiger partial charge in [-0.1, -0.05) is 25.3 Å². The fourth-order valence-electron chi connectivity index (χ4n) is 5.34. The molecule has 4 heterocycles. The van der Waals surface area contributed by atoms with Gasteiger partial charge in [0.1, 0.15) is 0 Å². The molecule has 4 rings (SSSR count). The standard InChI is InChI=1S/C33H34N4O6.2ClH/c1-7-20-19(6)32(42)37-27(20)14-25-18(5)23(10-12-31(40)41)29(35-25)15-28-22(9-11-30(38)39)17(4)24(34-28)13-26-16(3)21(8-2)33(43)36-26;;/h7-8,13-15,34-35H,1-2,9-12H2,3-6H3,(H,37,42)(H,38,39)(H,40,41);2*1H. The number of aliphatic carboxylic acids is 2. The molecule has 10 nitrogen and oxygen atoms in total. The van der Waals surface area contributed by atoms with Crippen molar-refractivity contribution < 1.29 is 29.4 Å². The number of aromatic nitrogens is 2. The lowest BCUT2D eigenvalue weighted by Crippen LogP contribution is -2.15. The summed E-state index contributed by atoms with van der Waals surface area (Å²) in [5.74, 6) is -2.46. The van der Waals surface area contributed by atoms with Crippen LogP contribution in [0.4, 0.5) is 0 Å². The third-order valence-electron chi connectivity index (χ3n) is 7.87. The Balaban J connectivity index is 0.00000353. The molecule has 0 spiro atoms. The Bertz CT molecular complexity index is 1870. The van der Waals surface area contributed by atoms with Gasteiger partial charge in [-0.3, -0.25) is 19.2 Å². The van der Waals surface area contributed by atoms with Crippen molar-refractivity contribution in [3.63, 3.8) is 0 Å². The third-order valence-corrected chi connectivity index (χ3v) is 7.87. The van der Waals surface area contributed by atoms with E-state index < -0.39 is 11.9 Å². The van der Waals surface area contributed by atoms with Gasteiger partial charge in [0.2, 0.25) is 0 Å². The zero-order chi connectivity index (χ0) is 31.6. The fourth-order valence-corrected chi connectivity index (χ4v) is 5.34. The van der Waals surface area contributed by atoms with E-state index in [9.17, 15) is 29.4 Å². The van der Waals surface area contributed by atoms with E-state index in [0.717, 1.165) is 22.3 Å². The second-order valence-electron chi connectivity index (χ2n) is 10.5. The number of allylic oxidation sites excluding steroid dienone is 2. The first-order valence-electron chi connectivity index (χ1n) is 13.8. The number of aromatic amines is 2. The first-order valence-corrected chi connectivity index (χ1v) is 13.8. The average Bonchev–Trinajstić information content (AvgIpc) is 3.59. The third kappa shape index (κ3) is 7.53. The number of nitrogens with one attached hydrogen (secondary N) is 3. The molecule has 0 atom stereocenters. The van der Waals surface area contributed by atoms with Gasteiger partial charge < -0.3 is 25.5 Å². The number of hydrogen-bond donors (Lipinski definition) is 5. The first kappa shape index (κ1) is 36.5. The number of halogens is 2. The maximum absolute atomic E-state index is 12.3. The molecule has 5 N–H and O–H groups in total. The van der Waals surface area contributed by atoms with E-state index in [4.69, 9.17) is 0 Å². The molecule has 2 aliphatic rings. The van der Waals surface area contributed by atoms with Crippen molar-refractivity contribution in [1.82, 2.24) is 15.3 Å². The van der Waals surface area contributed by atoms with Gasteiger partial charge in [0.05, 0.1) is 11.4 Å². The molecule has 2 amide bonds. The van der Waals surface area contributed by atoms with Gasteiger partial charge in [-0.15, -0.1) is 24.8 Å². The van der Waals surface area contributed by atoms with E-state index in [-0.39, 0.29) is 62.3 Å². The van der Waals surface area contributed by atoms with Crippen LogP contribution in [0.15, 0.2) is 58.3 Å². The summed E-state index contributed by atoms with van der Waals surface area (Å²) in [6, 6.07) is 0. The maximum Gasteiger partial charge on any atom is 0.303 e. The minimum Gasteiger partial charge on any atom is -0.481 e. The lowest BCUT2D eigenvalue weighted by Gasteiger charge is -2.02. The molecule has 0 saturated heterocycles. The monoisotopic (exact) mass is 654 g/mol. The highest BCUT2D eigenvalue weighted by atomic mass is 35.5. The Morgan fingerprint density at radius 3 is 1.91 bits per heavy atom. The minimum atomic E-state index is -0.941. The number of hydrogen-bond acceptors (Lipinski definition) is 4. The molecule has 0 saturated carbocycles. The van der Waals surface area contributed by atoms with Gasteiger partial charge in [-0.25, -0.2) is 4.99 Å². The Morgan fingerprint density at radius 2 is 1.36 bits per heavy atom. The molecule has 45 heavy (non-hydrogen) atoms. The van der Waals surface area contributed by atoms with Crippen LogP contribution in [0.1, 0.15) is 60.3 Å². The van der Waals surface area contributed by atoms with Gasteiger partial charge in [0, 0.05) is 51.6 Å². The summed E-state index contributed by atoms with van der Waals surface area (Å²) in [5, 5.41) is 23.0. The smallest absolute Gasteiger partial charge is 0.303 e. The molecule has 0 aromatic carbocycles. The lowest BCUT2D eigenvalue weighted by atomic mass is 10.0. The molecule has 0 radical (unpaired) electrons. The Labute approximate surface area is 272 Å². The van der Waals surface area contributed by atoms with Crippen molar-refractivity contribution in [2.75, 3.05) is 0 Å². The molecule has 0 aliphatic carbocycles. The molecule has 2 aliphatic heterocycles. The number of aliphatic imine (C=N–C) groups is 1. The summed E-state index contributed by atoms with van der Waals surface area (Å²) in [4.78, 5) is 58.4. The molecular formula is C33H36Cl2N4O6. The SMILES string of the molecule is C=CC1=C(C)C(C=c2[nH]c(=Cc3[nH]c(C=C4NC(=O)C(C)=C4C=C)c(C)c3CCC(=O)O)c(CCC(=O)O)c2C)=NC1=O.Cl.Cl. The van der Waals surface area contributed by atoms with Crippen LogP contribution < -0.4 is 16.0 Å². The Hall–Kier alpha value is -4.67. The van der Waals surface area contributed by atoms with Gasteiger partial charge in [-0.2, -0.15) is 0 Å². The van der Waals surface area contributed by atoms with Crippen LogP contribution in [0, 0.1) is 13.8 Å². The summed E-state index contributed by atoms with van der Waals surface area (Å²) < 4.78 is 0. The first-order chi connectivity index (χ1) is 20.4. The van der Waals surface area contributed by atoms with Crippen LogP contribution in [-0.4, -0.2) is 49.6 Å². The van der Waals surface area contributed by atoms with E-state index in [1.807, 2.05) is 19.9 Å². The number of carbonyl (C=O) groups excluding carboxylic acids is 2. The average molecular weight is 656 g/mol. The van der Waals surface area contributed by atoms with E-state index in [1.54, 1.807) is 32.1 Å². The molecular weight excluding hydrogens is 619 g/mol. The van der Waals surface area contributed by atoms with Crippen molar-refractivity contribution >= 4 is 72.5 Å². The highest BCUT2D eigenvalue weighted by Crippen LogP contribution is 2.27. The van der Waals surface area contributed by atoms with Crippen LogP contribution in [0.3, 0.4) is 0 Å². The lowest BCUT2D eigenvalue weighted by molar-refractivity contribution is -0.138. The quantitative estimate of drug-likeness (QED) is 0.247. The second-order valence-corrected chi connectivity index (χ2v) is 10.5. The van der Waals surface area contributed by atoms with E-state index >= 15 is 0 Å². The predicted molar refractivity (Wildman–Crippen MR) is 179 cm³/mol. The number of carbonyl (C=O) groups is 4. The van der Waals surface area contributed by atoms with Gasteiger partial charge in [0.25, 0.3) is 11.8 Å². The van der Waals surface area contributed by atoms with Crippen LogP contribution in [0.2, 0.25) is 0 Å². The molecule has 2 aromatic heterocycles. The molecule has 0 fully saturated rings. The van der Waals surface area contributed by atoms with E-state index in [0.29, 0.717) is 55.8 Å². The number of rotatable bonds is 11. The Kier molecular flexibility index (Phi) is 12.1. The summed E-state index contributed by atoms with van der Waals surface area (Å²) in [7, 11) is 0. The molecule has 0 unspecified atom stereocenters. The van der Waals surface area contributed by atoms with Crippen LogP contribution >= 0.6 is 24.8 Å². The van der Waals surface area contributed by atoms with Crippen molar-refractivity contribution in [1.29, 1.82) is 0 Å². The molecule has 2 aromatic rings. The topological polar surface area (TPSA) is 165 Å². The fraction of sp³-hybridized carbons (Fsp3) is 0.242. The number of nitrogens with zero attached hydrogens (tertiary/aromatic N) is 1. The number of H-pyrrole nitrogens is 2. The number of amides is 2. The minimum absolute atomic E-state index is 0. The zero-order valence-corrected chi connectivity index (χ0v) is 27.1. The van der Waals surface area contributed by atoms with Crippen molar-refractivity contribution in [3.05, 3.63) is 97.6 Å². The number of carboxylic acids is 2. The Morgan fingerprint density at radius 1 is 0.756 bits per heavy atom.